The molecule has 1 aliphatic rings. The summed E-state index contributed by atoms with van der Waals surface area (Å²) in [6, 6.07) is 4.12. The van der Waals surface area contributed by atoms with E-state index in [9.17, 15) is 9.59 Å². The Morgan fingerprint density at radius 3 is 2.52 bits per heavy atom. The van der Waals surface area contributed by atoms with Gasteiger partial charge in [-0.1, -0.05) is 0 Å². The number of hydrogen-bond donors (Lipinski definition) is 3. The molecule has 0 aliphatic carbocycles. The lowest BCUT2D eigenvalue weighted by Crippen LogP contribution is -2.42. The number of nitrogens with one attached hydrogen (secondary N) is 2. The number of carbonyl (C=O) groups is 2. The normalized spacial score (nSPS) is 15.7. The van der Waals surface area contributed by atoms with Crippen molar-refractivity contribution in [2.24, 2.45) is 5.92 Å². The highest BCUT2D eigenvalue weighted by Gasteiger charge is 2.21. The summed E-state index contributed by atoms with van der Waals surface area (Å²) in [6.45, 7) is 4.15. The van der Waals surface area contributed by atoms with Gasteiger partial charge in [0.25, 0.3) is 0 Å². The van der Waals surface area contributed by atoms with Crippen molar-refractivity contribution in [1.29, 1.82) is 0 Å². The molecule has 0 fully saturated rings. The summed E-state index contributed by atoms with van der Waals surface area (Å²) in [4.78, 5) is 22.7. The van der Waals surface area contributed by atoms with E-state index in [1.165, 1.54) is 6.92 Å². The highest BCUT2D eigenvalue weighted by molar-refractivity contribution is 5.90. The average Bonchev–Trinajstić information content (AvgIpc) is 2.45. The zero-order valence-electron chi connectivity index (χ0n) is 11.9. The summed E-state index contributed by atoms with van der Waals surface area (Å²) < 4.78 is 10.8. The number of hydrogen-bond acceptors (Lipinski definition) is 4. The molecule has 0 radical (unpaired) electrons. The molecule has 0 bridgehead atoms. The minimum Gasteiger partial charge on any atom is -0.486 e. The summed E-state index contributed by atoms with van der Waals surface area (Å²) >= 11 is 0. The number of benzene rings is 1. The Bertz CT molecular complexity index is 546. The number of urea groups is 1. The first-order chi connectivity index (χ1) is 9.97. The van der Waals surface area contributed by atoms with Gasteiger partial charge in [-0.25, -0.2) is 4.79 Å². The first-order valence-corrected chi connectivity index (χ1v) is 6.67. The molecule has 1 heterocycles. The summed E-state index contributed by atoms with van der Waals surface area (Å²) in [5.74, 6) is -0.413. The summed E-state index contributed by atoms with van der Waals surface area (Å²) in [5.41, 5.74) is 0.548. The number of anilines is 1. The predicted molar refractivity (Wildman–Crippen MR) is 75.8 cm³/mol. The molecule has 7 heteroatoms. The molecule has 0 saturated carbocycles. The second-order valence-electron chi connectivity index (χ2n) is 4.87. The standard InChI is InChI=1S/C14H18N2O5/c1-8(13(17)18)9(2)15-14(19)16-10-3-4-11-12(7-10)21-6-5-20-11/h3-4,7-9H,5-6H2,1-2H3,(H,17,18)(H2,15,16,19). The van der Waals surface area contributed by atoms with Crippen LogP contribution in [-0.4, -0.2) is 36.4 Å². The molecule has 21 heavy (non-hydrogen) atoms. The van der Waals surface area contributed by atoms with Gasteiger partial charge in [-0.05, 0) is 26.0 Å². The molecule has 1 aromatic carbocycles. The van der Waals surface area contributed by atoms with Crippen LogP contribution in [0.25, 0.3) is 0 Å². The van der Waals surface area contributed by atoms with Crippen LogP contribution in [0.15, 0.2) is 18.2 Å². The topological polar surface area (TPSA) is 96.9 Å². The second-order valence-corrected chi connectivity index (χ2v) is 4.87. The van der Waals surface area contributed by atoms with Crippen LogP contribution < -0.4 is 20.1 Å². The van der Waals surface area contributed by atoms with Crippen molar-refractivity contribution in [3.05, 3.63) is 18.2 Å². The maximum atomic E-state index is 11.8. The maximum Gasteiger partial charge on any atom is 0.319 e. The molecule has 7 nitrogen and oxygen atoms in total. The molecule has 2 atom stereocenters. The van der Waals surface area contributed by atoms with Gasteiger partial charge in [0.1, 0.15) is 13.2 Å². The van der Waals surface area contributed by atoms with Crippen molar-refractivity contribution in [2.45, 2.75) is 19.9 Å². The quantitative estimate of drug-likeness (QED) is 0.785. The van der Waals surface area contributed by atoms with Gasteiger partial charge in [0.2, 0.25) is 0 Å². The Kier molecular flexibility index (Phi) is 4.52. The monoisotopic (exact) mass is 294 g/mol. The van der Waals surface area contributed by atoms with Gasteiger partial charge in [-0.3, -0.25) is 4.79 Å². The van der Waals surface area contributed by atoms with Crippen molar-refractivity contribution in [2.75, 3.05) is 18.5 Å². The van der Waals surface area contributed by atoms with Gasteiger partial charge in [0.15, 0.2) is 11.5 Å². The van der Waals surface area contributed by atoms with Crippen LogP contribution in [0.4, 0.5) is 10.5 Å². The third-order valence-electron chi connectivity index (χ3n) is 3.30. The van der Waals surface area contributed by atoms with Crippen LogP contribution in [0.1, 0.15) is 13.8 Å². The van der Waals surface area contributed by atoms with E-state index in [-0.39, 0.29) is 0 Å². The smallest absolute Gasteiger partial charge is 0.319 e. The Morgan fingerprint density at radius 2 is 1.86 bits per heavy atom. The van der Waals surface area contributed by atoms with Crippen LogP contribution in [-0.2, 0) is 4.79 Å². The molecular formula is C14H18N2O5. The Balaban J connectivity index is 1.95. The number of carbonyl (C=O) groups excluding carboxylic acids is 1. The second kappa shape index (κ2) is 6.34. The van der Waals surface area contributed by atoms with Gasteiger partial charge in [0, 0.05) is 17.8 Å². The van der Waals surface area contributed by atoms with Gasteiger partial charge in [-0.2, -0.15) is 0 Å². The van der Waals surface area contributed by atoms with E-state index in [0.29, 0.717) is 30.4 Å². The Labute approximate surface area is 122 Å². The fourth-order valence-electron chi connectivity index (χ4n) is 1.83. The maximum absolute atomic E-state index is 11.8. The van der Waals surface area contributed by atoms with Gasteiger partial charge < -0.3 is 25.2 Å². The lowest BCUT2D eigenvalue weighted by molar-refractivity contribution is -0.141. The lowest BCUT2D eigenvalue weighted by atomic mass is 10.0. The third kappa shape index (κ3) is 3.77. The molecule has 3 N–H and O–H groups in total. The Morgan fingerprint density at radius 1 is 1.19 bits per heavy atom. The largest absolute Gasteiger partial charge is 0.486 e. The summed E-state index contributed by atoms with van der Waals surface area (Å²) in [5, 5.41) is 14.1. The van der Waals surface area contributed by atoms with E-state index >= 15 is 0 Å². The average molecular weight is 294 g/mol. The van der Waals surface area contributed by atoms with Crippen LogP contribution in [0.2, 0.25) is 0 Å². The number of carboxylic acid groups (broad SMARTS) is 1. The molecule has 2 rings (SSSR count). The Hall–Kier alpha value is -2.44. The van der Waals surface area contributed by atoms with Gasteiger partial charge >= 0.3 is 12.0 Å². The minimum absolute atomic E-state index is 0.465. The number of ether oxygens (including phenoxy) is 2. The summed E-state index contributed by atoms with van der Waals surface area (Å²) in [6.07, 6.45) is 0. The fraction of sp³-hybridized carbons (Fsp3) is 0.429. The SMILES string of the molecule is CC(NC(=O)Nc1ccc2c(c1)OCCO2)C(C)C(=O)O. The van der Waals surface area contributed by atoms with Crippen LogP contribution >= 0.6 is 0 Å². The predicted octanol–water partition coefficient (Wildman–Crippen LogP) is 1.69. The fourth-order valence-corrected chi connectivity index (χ4v) is 1.83. The molecule has 0 saturated heterocycles. The highest BCUT2D eigenvalue weighted by Crippen LogP contribution is 2.32. The first-order valence-electron chi connectivity index (χ1n) is 6.67. The van der Waals surface area contributed by atoms with Gasteiger partial charge in [0.05, 0.1) is 5.92 Å². The third-order valence-corrected chi connectivity index (χ3v) is 3.30. The molecule has 0 aromatic heterocycles. The van der Waals surface area contributed by atoms with Crippen molar-refractivity contribution in [3.63, 3.8) is 0 Å². The van der Waals surface area contributed by atoms with Crippen molar-refractivity contribution in [1.82, 2.24) is 5.32 Å². The molecule has 1 aromatic rings. The number of amides is 2. The molecule has 1 aliphatic heterocycles. The minimum atomic E-state index is -0.956. The van der Waals surface area contributed by atoms with E-state index in [2.05, 4.69) is 10.6 Å². The first kappa shape index (κ1) is 15.0. The number of fused-ring (bicyclic) bond motifs is 1. The van der Waals surface area contributed by atoms with Crippen molar-refractivity contribution < 1.29 is 24.2 Å². The summed E-state index contributed by atoms with van der Waals surface area (Å²) in [7, 11) is 0. The molecule has 2 unspecified atom stereocenters. The van der Waals surface area contributed by atoms with E-state index < -0.39 is 24.0 Å². The van der Waals surface area contributed by atoms with E-state index in [1.807, 2.05) is 0 Å². The van der Waals surface area contributed by atoms with Crippen molar-refractivity contribution >= 4 is 17.7 Å². The molecule has 114 valence electrons. The molecule has 2 amide bonds. The highest BCUT2D eigenvalue weighted by atomic mass is 16.6. The zero-order valence-corrected chi connectivity index (χ0v) is 11.9. The number of carboxylic acids is 1. The number of rotatable bonds is 4. The van der Waals surface area contributed by atoms with E-state index in [4.69, 9.17) is 14.6 Å². The lowest BCUT2D eigenvalue weighted by Gasteiger charge is -2.20. The van der Waals surface area contributed by atoms with E-state index in [0.717, 1.165) is 0 Å². The zero-order chi connectivity index (χ0) is 15.4. The molecule has 0 spiro atoms. The van der Waals surface area contributed by atoms with Crippen LogP contribution in [0.5, 0.6) is 11.5 Å². The number of aliphatic carboxylic acids is 1. The molecular weight excluding hydrogens is 276 g/mol. The van der Waals surface area contributed by atoms with Crippen molar-refractivity contribution in [3.8, 4) is 11.5 Å². The van der Waals surface area contributed by atoms with E-state index in [1.54, 1.807) is 25.1 Å². The van der Waals surface area contributed by atoms with Crippen LogP contribution in [0, 0.1) is 5.92 Å². The van der Waals surface area contributed by atoms with Crippen LogP contribution in [0.3, 0.4) is 0 Å². The van der Waals surface area contributed by atoms with Gasteiger partial charge in [-0.15, -0.1) is 0 Å².